The number of carboxylic acids is 1. The highest BCUT2D eigenvalue weighted by Crippen LogP contribution is 2.11. The second-order valence-corrected chi connectivity index (χ2v) is 6.96. The Morgan fingerprint density at radius 3 is 2.42 bits per heavy atom. The average Bonchev–Trinajstić information content (AvgIpc) is 2.29. The third kappa shape index (κ3) is 9.86. The molecule has 114 valence electrons. The highest BCUT2D eigenvalue weighted by molar-refractivity contribution is 7.89. The van der Waals surface area contributed by atoms with E-state index in [1.165, 1.54) is 0 Å². The Labute approximate surface area is 115 Å². The molecule has 0 fully saturated rings. The van der Waals surface area contributed by atoms with Gasteiger partial charge in [-0.3, -0.25) is 4.79 Å². The molecule has 0 bridgehead atoms. The van der Waals surface area contributed by atoms with Gasteiger partial charge in [-0.15, -0.1) is 0 Å². The molecule has 0 spiro atoms. The number of hydrogen-bond acceptors (Lipinski definition) is 4. The van der Waals surface area contributed by atoms with Crippen LogP contribution in [0.4, 0.5) is 0 Å². The van der Waals surface area contributed by atoms with Crippen molar-refractivity contribution in [1.82, 2.24) is 4.72 Å². The summed E-state index contributed by atoms with van der Waals surface area (Å²) in [5, 5.41) is 9.01. The van der Waals surface area contributed by atoms with Crippen molar-refractivity contribution in [1.29, 1.82) is 0 Å². The van der Waals surface area contributed by atoms with Crippen LogP contribution in [-0.2, 0) is 19.6 Å². The fourth-order valence-corrected chi connectivity index (χ4v) is 2.86. The maximum Gasteiger partial charge on any atom is 0.307 e. The number of sulfonamides is 1. The van der Waals surface area contributed by atoms with Gasteiger partial charge in [-0.05, 0) is 25.2 Å². The van der Waals surface area contributed by atoms with E-state index in [1.54, 1.807) is 7.11 Å². The summed E-state index contributed by atoms with van der Waals surface area (Å²) in [4.78, 5) is 11.0. The van der Waals surface area contributed by atoms with Crippen LogP contribution in [0.2, 0.25) is 0 Å². The Morgan fingerprint density at radius 2 is 1.95 bits per heavy atom. The fourth-order valence-electron chi connectivity index (χ4n) is 1.68. The summed E-state index contributed by atoms with van der Waals surface area (Å²) >= 11 is 0. The molecule has 0 heterocycles. The highest BCUT2D eigenvalue weighted by atomic mass is 32.2. The third-order valence-electron chi connectivity index (χ3n) is 2.67. The van der Waals surface area contributed by atoms with Crippen molar-refractivity contribution in [3.8, 4) is 0 Å². The van der Waals surface area contributed by atoms with Crippen LogP contribution in [0.5, 0.6) is 0 Å². The normalized spacial score (nSPS) is 13.7. The lowest BCUT2D eigenvalue weighted by Gasteiger charge is -2.15. The Bertz CT molecular complexity index is 353. The van der Waals surface area contributed by atoms with E-state index in [0.29, 0.717) is 25.9 Å². The van der Waals surface area contributed by atoms with Gasteiger partial charge in [0.25, 0.3) is 0 Å². The van der Waals surface area contributed by atoms with Crippen molar-refractivity contribution in [2.75, 3.05) is 26.0 Å². The molecule has 0 rings (SSSR count). The molecule has 0 aromatic carbocycles. The van der Waals surface area contributed by atoms with Crippen molar-refractivity contribution in [3.05, 3.63) is 0 Å². The first-order valence-corrected chi connectivity index (χ1v) is 8.12. The summed E-state index contributed by atoms with van der Waals surface area (Å²) in [5.74, 6) is -1.42. The minimum absolute atomic E-state index is 0.00434. The third-order valence-corrected chi connectivity index (χ3v) is 4.10. The zero-order chi connectivity index (χ0) is 14.9. The molecule has 0 aliphatic rings. The standard InChI is InChI=1S/C12H25NO5S/c1-10(2)8-11(12(14)15)9-13-19(16,17)7-5-4-6-18-3/h10-11,13H,4-9H2,1-3H3,(H,14,15). The summed E-state index contributed by atoms with van der Waals surface area (Å²) in [6, 6.07) is 0. The lowest BCUT2D eigenvalue weighted by molar-refractivity contribution is -0.142. The molecule has 0 aromatic heterocycles. The Kier molecular flexibility index (Phi) is 8.95. The first-order valence-electron chi connectivity index (χ1n) is 6.47. The van der Waals surface area contributed by atoms with Gasteiger partial charge >= 0.3 is 5.97 Å². The predicted octanol–water partition coefficient (Wildman–Crippen LogP) is 1.08. The SMILES string of the molecule is COCCCCS(=O)(=O)NCC(CC(C)C)C(=O)O. The zero-order valence-electron chi connectivity index (χ0n) is 11.9. The Hall–Kier alpha value is -0.660. The average molecular weight is 295 g/mol. The fraction of sp³-hybridized carbons (Fsp3) is 0.917. The second-order valence-electron chi connectivity index (χ2n) is 5.03. The van der Waals surface area contributed by atoms with Gasteiger partial charge in [0.1, 0.15) is 0 Å². The van der Waals surface area contributed by atoms with Crippen molar-refractivity contribution < 1.29 is 23.1 Å². The molecule has 7 heteroatoms. The second kappa shape index (κ2) is 9.28. The minimum atomic E-state index is -3.40. The van der Waals surface area contributed by atoms with Crippen LogP contribution in [-0.4, -0.2) is 45.5 Å². The molecule has 0 amide bonds. The predicted molar refractivity (Wildman–Crippen MR) is 73.5 cm³/mol. The number of hydrogen-bond donors (Lipinski definition) is 2. The molecular formula is C12H25NO5S. The van der Waals surface area contributed by atoms with E-state index in [-0.39, 0.29) is 18.2 Å². The summed E-state index contributed by atoms with van der Waals surface area (Å²) in [6.45, 7) is 4.31. The maximum atomic E-state index is 11.7. The molecule has 2 N–H and O–H groups in total. The van der Waals surface area contributed by atoms with Crippen molar-refractivity contribution in [3.63, 3.8) is 0 Å². The van der Waals surface area contributed by atoms with E-state index in [9.17, 15) is 13.2 Å². The largest absolute Gasteiger partial charge is 0.481 e. The van der Waals surface area contributed by atoms with Crippen LogP contribution in [0.1, 0.15) is 33.1 Å². The van der Waals surface area contributed by atoms with E-state index in [1.807, 2.05) is 13.8 Å². The summed E-state index contributed by atoms with van der Waals surface area (Å²) < 4.78 is 30.5. The van der Waals surface area contributed by atoms with Crippen molar-refractivity contribution >= 4 is 16.0 Å². The molecule has 0 aliphatic carbocycles. The van der Waals surface area contributed by atoms with Crippen LogP contribution >= 0.6 is 0 Å². The van der Waals surface area contributed by atoms with E-state index in [0.717, 1.165) is 0 Å². The van der Waals surface area contributed by atoms with Crippen LogP contribution in [0, 0.1) is 11.8 Å². The van der Waals surface area contributed by atoms with Gasteiger partial charge < -0.3 is 9.84 Å². The van der Waals surface area contributed by atoms with Gasteiger partial charge in [0.05, 0.1) is 11.7 Å². The van der Waals surface area contributed by atoms with Crippen LogP contribution < -0.4 is 4.72 Å². The van der Waals surface area contributed by atoms with Crippen molar-refractivity contribution in [2.24, 2.45) is 11.8 Å². The van der Waals surface area contributed by atoms with Gasteiger partial charge in [0, 0.05) is 20.3 Å². The molecule has 0 saturated heterocycles. The molecule has 0 aromatic rings. The maximum absolute atomic E-state index is 11.7. The van der Waals surface area contributed by atoms with Gasteiger partial charge in [-0.25, -0.2) is 13.1 Å². The lowest BCUT2D eigenvalue weighted by atomic mass is 9.98. The number of carbonyl (C=O) groups is 1. The minimum Gasteiger partial charge on any atom is -0.481 e. The smallest absolute Gasteiger partial charge is 0.307 e. The summed E-state index contributed by atoms with van der Waals surface area (Å²) in [7, 11) is -1.83. The molecule has 6 nitrogen and oxygen atoms in total. The molecule has 19 heavy (non-hydrogen) atoms. The van der Waals surface area contributed by atoms with E-state index >= 15 is 0 Å². The van der Waals surface area contributed by atoms with Gasteiger partial charge in [0.2, 0.25) is 10.0 Å². The van der Waals surface area contributed by atoms with Gasteiger partial charge in [-0.2, -0.15) is 0 Å². The van der Waals surface area contributed by atoms with Crippen LogP contribution in [0.15, 0.2) is 0 Å². The highest BCUT2D eigenvalue weighted by Gasteiger charge is 2.21. The van der Waals surface area contributed by atoms with E-state index < -0.39 is 21.9 Å². The number of aliphatic carboxylic acids is 1. The number of carboxylic acid groups (broad SMARTS) is 1. The van der Waals surface area contributed by atoms with E-state index in [2.05, 4.69) is 4.72 Å². The van der Waals surface area contributed by atoms with Crippen LogP contribution in [0.3, 0.4) is 0 Å². The van der Waals surface area contributed by atoms with Gasteiger partial charge in [0.15, 0.2) is 0 Å². The zero-order valence-corrected chi connectivity index (χ0v) is 12.7. The molecule has 0 radical (unpaired) electrons. The number of unbranched alkanes of at least 4 members (excludes halogenated alkanes) is 1. The molecule has 1 unspecified atom stereocenters. The summed E-state index contributed by atoms with van der Waals surface area (Å²) in [6.07, 6.45) is 1.64. The van der Waals surface area contributed by atoms with Crippen molar-refractivity contribution in [2.45, 2.75) is 33.1 Å². The number of ether oxygens (including phenoxy) is 1. The molecular weight excluding hydrogens is 270 g/mol. The Morgan fingerprint density at radius 1 is 1.32 bits per heavy atom. The molecule has 1 atom stereocenters. The first kappa shape index (κ1) is 18.3. The van der Waals surface area contributed by atoms with Crippen LogP contribution in [0.25, 0.3) is 0 Å². The first-order chi connectivity index (χ1) is 8.78. The monoisotopic (exact) mass is 295 g/mol. The topological polar surface area (TPSA) is 92.7 Å². The quantitative estimate of drug-likeness (QED) is 0.556. The molecule has 0 saturated carbocycles. The van der Waals surface area contributed by atoms with Gasteiger partial charge in [-0.1, -0.05) is 13.8 Å². The number of methoxy groups -OCH3 is 1. The Balaban J connectivity index is 4.15. The summed E-state index contributed by atoms with van der Waals surface area (Å²) in [5.41, 5.74) is 0. The number of rotatable bonds is 11. The number of nitrogens with one attached hydrogen (secondary N) is 1. The molecule has 0 aliphatic heterocycles. The lowest BCUT2D eigenvalue weighted by Crippen LogP contribution is -2.35. The van der Waals surface area contributed by atoms with E-state index in [4.69, 9.17) is 9.84 Å².